The fraction of sp³-hybridized carbons (Fsp3) is 0.571. The lowest BCUT2D eigenvalue weighted by Gasteiger charge is -2.29. The van der Waals surface area contributed by atoms with E-state index in [1.165, 1.54) is 11.3 Å². The average Bonchev–Trinajstić information content (AvgIpc) is 2.39. The molecule has 94 valence electrons. The number of anilines is 1. The standard InChI is InChI=1S/C14H21NO2/c1-11(2)13-5-4-12(10-14(13)16-3)15-6-8-17-9-7-15/h4-5,10-11H,6-9H2,1-3H3. The maximum absolute atomic E-state index is 5.48. The molecule has 17 heavy (non-hydrogen) atoms. The zero-order valence-corrected chi connectivity index (χ0v) is 10.9. The number of benzene rings is 1. The lowest BCUT2D eigenvalue weighted by molar-refractivity contribution is 0.122. The lowest BCUT2D eigenvalue weighted by atomic mass is 10.0. The molecule has 1 aromatic rings. The number of methoxy groups -OCH3 is 1. The van der Waals surface area contributed by atoms with Crippen LogP contribution in [0, 0.1) is 0 Å². The molecule has 0 radical (unpaired) electrons. The summed E-state index contributed by atoms with van der Waals surface area (Å²) in [4.78, 5) is 2.34. The monoisotopic (exact) mass is 235 g/mol. The third kappa shape index (κ3) is 2.72. The van der Waals surface area contributed by atoms with E-state index in [4.69, 9.17) is 9.47 Å². The van der Waals surface area contributed by atoms with Crippen molar-refractivity contribution in [3.63, 3.8) is 0 Å². The van der Waals surface area contributed by atoms with Crippen LogP contribution in [-0.4, -0.2) is 33.4 Å². The Labute approximate surface area is 103 Å². The van der Waals surface area contributed by atoms with Crippen molar-refractivity contribution >= 4 is 5.69 Å². The first-order valence-electron chi connectivity index (χ1n) is 6.23. The highest BCUT2D eigenvalue weighted by molar-refractivity contribution is 5.54. The maximum Gasteiger partial charge on any atom is 0.124 e. The van der Waals surface area contributed by atoms with Crippen LogP contribution >= 0.6 is 0 Å². The summed E-state index contributed by atoms with van der Waals surface area (Å²) in [5.74, 6) is 1.48. The summed E-state index contributed by atoms with van der Waals surface area (Å²) in [6.45, 7) is 7.93. The summed E-state index contributed by atoms with van der Waals surface area (Å²) in [5.41, 5.74) is 2.50. The van der Waals surface area contributed by atoms with Gasteiger partial charge < -0.3 is 14.4 Å². The van der Waals surface area contributed by atoms with Gasteiger partial charge in [0.15, 0.2) is 0 Å². The average molecular weight is 235 g/mol. The van der Waals surface area contributed by atoms with Gasteiger partial charge in [0.05, 0.1) is 20.3 Å². The maximum atomic E-state index is 5.48. The lowest BCUT2D eigenvalue weighted by Crippen LogP contribution is -2.36. The molecule has 1 aliphatic rings. The molecule has 0 amide bonds. The minimum Gasteiger partial charge on any atom is -0.496 e. The predicted octanol–water partition coefficient (Wildman–Crippen LogP) is 2.66. The van der Waals surface area contributed by atoms with Crippen molar-refractivity contribution in [1.29, 1.82) is 0 Å². The largest absolute Gasteiger partial charge is 0.496 e. The quantitative estimate of drug-likeness (QED) is 0.804. The van der Waals surface area contributed by atoms with E-state index in [0.717, 1.165) is 32.1 Å². The van der Waals surface area contributed by atoms with Gasteiger partial charge >= 0.3 is 0 Å². The number of hydrogen-bond donors (Lipinski definition) is 0. The predicted molar refractivity (Wildman–Crippen MR) is 70.1 cm³/mol. The Kier molecular flexibility index (Phi) is 3.89. The molecule has 0 aliphatic carbocycles. The van der Waals surface area contributed by atoms with Gasteiger partial charge in [-0.1, -0.05) is 19.9 Å². The zero-order chi connectivity index (χ0) is 12.3. The minimum absolute atomic E-state index is 0.490. The van der Waals surface area contributed by atoms with Crippen LogP contribution in [0.15, 0.2) is 18.2 Å². The second-order valence-electron chi connectivity index (χ2n) is 4.68. The fourth-order valence-electron chi connectivity index (χ4n) is 2.20. The molecule has 0 unspecified atom stereocenters. The van der Waals surface area contributed by atoms with Crippen LogP contribution in [0.1, 0.15) is 25.3 Å². The van der Waals surface area contributed by atoms with Crippen LogP contribution in [0.3, 0.4) is 0 Å². The molecule has 0 saturated carbocycles. The van der Waals surface area contributed by atoms with Gasteiger partial charge in [-0.2, -0.15) is 0 Å². The number of nitrogens with zero attached hydrogens (tertiary/aromatic N) is 1. The van der Waals surface area contributed by atoms with E-state index in [2.05, 4.69) is 36.9 Å². The van der Waals surface area contributed by atoms with Crippen molar-refractivity contribution in [2.45, 2.75) is 19.8 Å². The topological polar surface area (TPSA) is 21.7 Å². The number of hydrogen-bond acceptors (Lipinski definition) is 3. The highest BCUT2D eigenvalue weighted by Crippen LogP contribution is 2.30. The Morgan fingerprint density at radius 3 is 2.53 bits per heavy atom. The van der Waals surface area contributed by atoms with Gasteiger partial charge in [-0.15, -0.1) is 0 Å². The Hall–Kier alpha value is -1.22. The second-order valence-corrected chi connectivity index (χ2v) is 4.68. The molecule has 3 heteroatoms. The van der Waals surface area contributed by atoms with Crippen LogP contribution in [0.4, 0.5) is 5.69 Å². The first kappa shape index (κ1) is 12.2. The summed E-state index contributed by atoms with van der Waals surface area (Å²) in [5, 5.41) is 0. The molecule has 3 nitrogen and oxygen atoms in total. The molecule has 1 fully saturated rings. The molecular formula is C14H21NO2. The number of rotatable bonds is 3. The van der Waals surface area contributed by atoms with Crippen molar-refractivity contribution in [3.05, 3.63) is 23.8 Å². The number of morpholine rings is 1. The molecular weight excluding hydrogens is 214 g/mol. The molecule has 0 aromatic heterocycles. The minimum atomic E-state index is 0.490. The van der Waals surface area contributed by atoms with Crippen LogP contribution in [0.25, 0.3) is 0 Å². The summed E-state index contributed by atoms with van der Waals surface area (Å²) >= 11 is 0. The van der Waals surface area contributed by atoms with E-state index in [1.807, 2.05) is 0 Å². The van der Waals surface area contributed by atoms with E-state index in [0.29, 0.717) is 5.92 Å². The van der Waals surface area contributed by atoms with E-state index in [9.17, 15) is 0 Å². The smallest absolute Gasteiger partial charge is 0.124 e. The molecule has 0 N–H and O–H groups in total. The molecule has 1 saturated heterocycles. The van der Waals surface area contributed by atoms with Crippen molar-refractivity contribution in [2.75, 3.05) is 38.3 Å². The highest BCUT2D eigenvalue weighted by atomic mass is 16.5. The molecule has 1 heterocycles. The van der Waals surface area contributed by atoms with Crippen LogP contribution in [0.5, 0.6) is 5.75 Å². The molecule has 0 spiro atoms. The van der Waals surface area contributed by atoms with Crippen LogP contribution in [-0.2, 0) is 4.74 Å². The van der Waals surface area contributed by atoms with Gasteiger partial charge in [0, 0.05) is 24.8 Å². The van der Waals surface area contributed by atoms with Gasteiger partial charge in [0.25, 0.3) is 0 Å². The van der Waals surface area contributed by atoms with Gasteiger partial charge in [0.1, 0.15) is 5.75 Å². The van der Waals surface area contributed by atoms with Crippen molar-refractivity contribution < 1.29 is 9.47 Å². The van der Waals surface area contributed by atoms with E-state index in [1.54, 1.807) is 7.11 Å². The Balaban J connectivity index is 2.24. The summed E-state index contributed by atoms with van der Waals surface area (Å²) in [6.07, 6.45) is 0. The van der Waals surface area contributed by atoms with Crippen LogP contribution in [0.2, 0.25) is 0 Å². The van der Waals surface area contributed by atoms with Crippen molar-refractivity contribution in [3.8, 4) is 5.75 Å². The number of ether oxygens (including phenoxy) is 2. The van der Waals surface area contributed by atoms with Gasteiger partial charge in [-0.3, -0.25) is 0 Å². The Bertz CT molecular complexity index is 370. The van der Waals surface area contributed by atoms with Gasteiger partial charge in [-0.05, 0) is 17.5 Å². The molecule has 2 rings (SSSR count). The molecule has 0 bridgehead atoms. The van der Waals surface area contributed by atoms with Gasteiger partial charge in [0.2, 0.25) is 0 Å². The summed E-state index contributed by atoms with van der Waals surface area (Å²) in [6, 6.07) is 6.50. The van der Waals surface area contributed by atoms with Crippen molar-refractivity contribution in [2.24, 2.45) is 0 Å². The van der Waals surface area contributed by atoms with E-state index < -0.39 is 0 Å². The van der Waals surface area contributed by atoms with Crippen LogP contribution < -0.4 is 9.64 Å². The van der Waals surface area contributed by atoms with Gasteiger partial charge in [-0.25, -0.2) is 0 Å². The van der Waals surface area contributed by atoms with E-state index >= 15 is 0 Å². The third-order valence-corrected chi connectivity index (χ3v) is 3.22. The zero-order valence-electron chi connectivity index (χ0n) is 10.9. The van der Waals surface area contributed by atoms with E-state index in [-0.39, 0.29) is 0 Å². The molecule has 0 atom stereocenters. The normalized spacial score (nSPS) is 16.4. The first-order chi connectivity index (χ1) is 8.22. The summed E-state index contributed by atoms with van der Waals surface area (Å²) in [7, 11) is 1.74. The molecule has 1 aromatic carbocycles. The highest BCUT2D eigenvalue weighted by Gasteiger charge is 2.14. The summed E-state index contributed by atoms with van der Waals surface area (Å²) < 4.78 is 10.8. The first-order valence-corrected chi connectivity index (χ1v) is 6.23. The Morgan fingerprint density at radius 2 is 1.94 bits per heavy atom. The SMILES string of the molecule is COc1cc(N2CCOCC2)ccc1C(C)C. The third-order valence-electron chi connectivity index (χ3n) is 3.22. The Morgan fingerprint density at radius 1 is 1.24 bits per heavy atom. The molecule has 1 aliphatic heterocycles. The van der Waals surface area contributed by atoms with Crippen molar-refractivity contribution in [1.82, 2.24) is 0 Å². The fourth-order valence-corrected chi connectivity index (χ4v) is 2.20. The second kappa shape index (κ2) is 5.41.